The molecule has 0 heterocycles. The highest BCUT2D eigenvalue weighted by Gasteiger charge is 2.52. The average molecular weight is 1020 g/mol. The van der Waals surface area contributed by atoms with Crippen LogP contribution in [0.15, 0.2) is 254 Å². The summed E-state index contributed by atoms with van der Waals surface area (Å²) in [5.41, 5.74) is 8.34. The van der Waals surface area contributed by atoms with Crippen LogP contribution in [0.5, 0.6) is 0 Å². The van der Waals surface area contributed by atoms with Gasteiger partial charge in [-0.25, -0.2) is 0 Å². The van der Waals surface area contributed by atoms with Gasteiger partial charge in [-0.2, -0.15) is 0 Å². The van der Waals surface area contributed by atoms with Crippen LogP contribution in [0.3, 0.4) is 0 Å². The molecule has 2 atom stereocenters. The molecule has 0 amide bonds. The minimum Gasteiger partial charge on any atom is -0.373 e. The van der Waals surface area contributed by atoms with Gasteiger partial charge in [0.15, 0.2) is 0 Å². The lowest BCUT2D eigenvalue weighted by Crippen LogP contribution is -2.59. The Bertz CT molecular complexity index is 2650. The molecule has 0 aliphatic heterocycles. The van der Waals surface area contributed by atoms with Gasteiger partial charge in [-0.3, -0.25) is 0 Å². The Hall–Kier alpha value is -6.45. The molecule has 0 saturated carbocycles. The summed E-state index contributed by atoms with van der Waals surface area (Å²) in [7, 11) is -5.12. The zero-order valence-corrected chi connectivity index (χ0v) is 48.0. The van der Waals surface area contributed by atoms with Gasteiger partial charge in [-0.15, -0.1) is 0 Å². The van der Waals surface area contributed by atoms with Crippen LogP contribution >= 0.6 is 0 Å². The molecule has 5 heteroatoms. The number of hydrogen-bond acceptors (Lipinski definition) is 3. The summed E-state index contributed by atoms with van der Waals surface area (Å²) in [6.07, 6.45) is 4.75. The van der Waals surface area contributed by atoms with E-state index in [0.717, 1.165) is 55.7 Å². The molecule has 2 unspecified atom stereocenters. The second kappa shape index (κ2) is 23.6. The van der Waals surface area contributed by atoms with Crippen molar-refractivity contribution < 1.29 is 14.2 Å². The van der Waals surface area contributed by atoms with E-state index in [2.05, 4.69) is 323 Å². The summed E-state index contributed by atoms with van der Waals surface area (Å²) in [6, 6.07) is 85.9. The van der Waals surface area contributed by atoms with Crippen molar-refractivity contribution in [1.82, 2.24) is 0 Å². The van der Waals surface area contributed by atoms with Crippen LogP contribution in [0.2, 0.25) is 36.3 Å². The fourth-order valence-corrected chi connectivity index (χ4v) is 15.0. The lowest BCUT2D eigenvalue weighted by molar-refractivity contribution is 0.00565. The van der Waals surface area contributed by atoms with E-state index in [1.165, 1.54) is 0 Å². The van der Waals surface area contributed by atoms with Crippen molar-refractivity contribution in [1.29, 1.82) is 0 Å². The first kappa shape index (κ1) is 54.8. The highest BCUT2D eigenvalue weighted by atomic mass is 28.3. The van der Waals surface area contributed by atoms with Crippen LogP contribution in [0.1, 0.15) is 86.1 Å². The second-order valence-electron chi connectivity index (χ2n) is 23.2. The summed E-state index contributed by atoms with van der Waals surface area (Å²) in [5.74, 6) is 0. The molecule has 0 spiro atoms. The number of hydrogen-bond donors (Lipinski definition) is 0. The summed E-state index contributed by atoms with van der Waals surface area (Å²) >= 11 is 0. The first-order chi connectivity index (χ1) is 36.0. The monoisotopic (exact) mass is 1020 g/mol. The van der Waals surface area contributed by atoms with Gasteiger partial charge in [0.25, 0.3) is 0 Å². The van der Waals surface area contributed by atoms with Crippen LogP contribution in [0.4, 0.5) is 0 Å². The van der Waals surface area contributed by atoms with Crippen LogP contribution in [-0.2, 0) is 25.4 Å². The predicted molar refractivity (Wildman–Crippen MR) is 322 cm³/mol. The quantitative estimate of drug-likeness (QED) is 0.0562. The van der Waals surface area contributed by atoms with Gasteiger partial charge in [0.1, 0.15) is 11.2 Å². The van der Waals surface area contributed by atoms with Crippen LogP contribution < -0.4 is 0 Å². The second-order valence-corrected chi connectivity index (χ2v) is 34.2. The molecule has 3 nitrogen and oxygen atoms in total. The standard InChI is InChI=1S/C70H78O3Si2/c1-67(2,3)74(7,8)65(57(51-55-35-19-11-20-36-55)53-71-69(59-39-23-13-24-40-59,60-41-25-14-26-42-60)61-43-27-15-28-44-61)73-66(75(9,10)68(4,5)6)58(52-56-37-21-12-22-38-56)54-72-70(62-45-29-16-30-46-62,63-47-31-17-32-48-63)64-49-33-18-34-50-64/h11-52,65-66H,53-54H2,1-10H3/b57-51-,58-52-. The van der Waals surface area contributed by atoms with Gasteiger partial charge in [0.2, 0.25) is 0 Å². The van der Waals surface area contributed by atoms with Gasteiger partial charge in [-0.05, 0) is 65.7 Å². The van der Waals surface area contributed by atoms with E-state index in [-0.39, 0.29) is 21.5 Å². The van der Waals surface area contributed by atoms with Crippen LogP contribution in [-0.4, -0.2) is 40.8 Å². The van der Waals surface area contributed by atoms with Crippen molar-refractivity contribution in [3.05, 3.63) is 298 Å². The average Bonchev–Trinajstić information content (AvgIpc) is 3.42. The van der Waals surface area contributed by atoms with Crippen molar-refractivity contribution in [2.75, 3.05) is 13.2 Å². The zero-order chi connectivity index (χ0) is 53.2. The Labute approximate surface area is 452 Å². The topological polar surface area (TPSA) is 27.7 Å². The third-order valence-electron chi connectivity index (χ3n) is 16.4. The Morgan fingerprint density at radius 2 is 0.533 bits per heavy atom. The maximum atomic E-state index is 8.49. The maximum absolute atomic E-state index is 8.49. The highest BCUT2D eigenvalue weighted by molar-refractivity contribution is 6.83. The van der Waals surface area contributed by atoms with Crippen LogP contribution in [0.25, 0.3) is 12.2 Å². The van der Waals surface area contributed by atoms with E-state index in [4.69, 9.17) is 14.2 Å². The number of rotatable bonds is 20. The minimum atomic E-state index is -2.56. The first-order valence-electron chi connectivity index (χ1n) is 26.8. The summed E-state index contributed by atoms with van der Waals surface area (Å²) in [4.78, 5) is 0. The van der Waals surface area contributed by atoms with Gasteiger partial charge in [0, 0.05) is 0 Å². The fourth-order valence-electron chi connectivity index (χ4n) is 10.2. The minimum absolute atomic E-state index is 0.0936. The fraction of sp³-hybridized carbons (Fsp3) is 0.257. The molecule has 0 radical (unpaired) electrons. The molecule has 8 aromatic carbocycles. The molecule has 0 bridgehead atoms. The molecule has 8 aromatic rings. The van der Waals surface area contributed by atoms with E-state index >= 15 is 0 Å². The third-order valence-corrected chi connectivity index (χ3v) is 27.8. The molecule has 0 aromatic heterocycles. The molecule has 0 saturated heterocycles. The number of ether oxygens (including phenoxy) is 3. The van der Waals surface area contributed by atoms with Crippen molar-refractivity contribution in [3.63, 3.8) is 0 Å². The molecule has 8 rings (SSSR count). The van der Waals surface area contributed by atoms with Crippen molar-refractivity contribution in [2.45, 2.75) is 100 Å². The van der Waals surface area contributed by atoms with Gasteiger partial charge >= 0.3 is 0 Å². The lowest BCUT2D eigenvalue weighted by Gasteiger charge is -2.50. The van der Waals surface area contributed by atoms with E-state index < -0.39 is 27.3 Å². The Balaban J connectivity index is 1.36. The van der Waals surface area contributed by atoms with Crippen LogP contribution in [0, 0.1) is 0 Å². The van der Waals surface area contributed by atoms with E-state index in [9.17, 15) is 0 Å². The van der Waals surface area contributed by atoms with Crippen molar-refractivity contribution >= 4 is 28.3 Å². The summed E-state index contributed by atoms with van der Waals surface area (Å²) in [5, 5.41) is -0.187. The Morgan fingerprint density at radius 1 is 0.333 bits per heavy atom. The third kappa shape index (κ3) is 12.0. The van der Waals surface area contributed by atoms with E-state index in [1.54, 1.807) is 0 Å². The molecule has 0 aliphatic carbocycles. The van der Waals surface area contributed by atoms with Crippen molar-refractivity contribution in [2.24, 2.45) is 0 Å². The molecular weight excluding hydrogens is 945 g/mol. The van der Waals surface area contributed by atoms with Gasteiger partial charge in [-0.1, -0.05) is 323 Å². The van der Waals surface area contributed by atoms with Gasteiger partial charge in [0.05, 0.1) is 40.8 Å². The van der Waals surface area contributed by atoms with E-state index in [0.29, 0.717) is 13.2 Å². The van der Waals surface area contributed by atoms with Gasteiger partial charge < -0.3 is 14.2 Å². The zero-order valence-electron chi connectivity index (χ0n) is 46.0. The molecule has 384 valence electrons. The van der Waals surface area contributed by atoms with E-state index in [1.807, 2.05) is 0 Å². The smallest absolute Gasteiger partial charge is 0.144 e. The summed E-state index contributed by atoms with van der Waals surface area (Å²) in [6.45, 7) is 25.2. The predicted octanol–water partition coefficient (Wildman–Crippen LogP) is 18.0. The molecule has 0 fully saturated rings. The van der Waals surface area contributed by atoms with Crippen molar-refractivity contribution in [3.8, 4) is 0 Å². The Morgan fingerprint density at radius 3 is 0.733 bits per heavy atom. The maximum Gasteiger partial charge on any atom is 0.144 e. The normalized spacial score (nSPS) is 14.1. The first-order valence-corrected chi connectivity index (χ1v) is 32.9. The number of benzene rings is 8. The Kier molecular flexibility index (Phi) is 17.3. The lowest BCUT2D eigenvalue weighted by atomic mass is 9.80. The SMILES string of the molecule is CC(C)(C)[Si](C)(C)C(OC(/C(=C\c1ccccc1)COC(c1ccccc1)(c1ccccc1)c1ccccc1)[Si](C)(C)C(C)(C)C)/C(=C\c1ccccc1)COC(c1ccccc1)(c1ccccc1)c1ccccc1. The molecule has 0 N–H and O–H groups in total. The highest BCUT2D eigenvalue weighted by Crippen LogP contribution is 2.49. The summed E-state index contributed by atoms with van der Waals surface area (Å²) < 4.78 is 24.3. The molecular formula is C70H78O3Si2. The largest absolute Gasteiger partial charge is 0.373 e. The molecule has 75 heavy (non-hydrogen) atoms. The molecule has 0 aliphatic rings.